The summed E-state index contributed by atoms with van der Waals surface area (Å²) in [5.41, 5.74) is 14.2. The smallest absolute Gasteiger partial charge is 0.322 e. The number of amides is 12. The summed E-state index contributed by atoms with van der Waals surface area (Å²) in [6.45, 7) is 7.21. The third-order valence-corrected chi connectivity index (χ3v) is 13.9. The van der Waals surface area contributed by atoms with Crippen LogP contribution in [0, 0.1) is 5.92 Å². The number of aliphatic hydroxyl groups excluding tert-OH is 1. The normalized spacial score (nSPS) is 15.4. The SMILES string of the molecule is CC(C)C[C@H](NC(=O)[C@@H](Cc1ccc(NC(N)=O)cc1)NC(=O)[C@H](Cc1ccc(NC(=O)[C@@H]2CC(=O)NC(=O)N2)cc1)NC(=O)[C@H](CO)NC(=O)[C@@H](Cc1cccnc1)NC(=O)[C@H](N)Cc1ccccc1)C(=O)N(Cl)[C@H]([C]=O)CCCCNC(C)C. The average Bonchev–Trinajstić information content (AvgIpc) is 3.64. The van der Waals surface area contributed by atoms with Gasteiger partial charge in [-0.3, -0.25) is 53.5 Å². The summed E-state index contributed by atoms with van der Waals surface area (Å²) in [6, 6.07) is 11.6. The lowest BCUT2D eigenvalue weighted by Gasteiger charge is -2.29. The summed E-state index contributed by atoms with van der Waals surface area (Å²) in [4.78, 5) is 151. The second-order valence-corrected chi connectivity index (χ2v) is 21.8. The Bertz CT molecular complexity index is 2940. The molecule has 1 aliphatic rings. The van der Waals surface area contributed by atoms with Crippen molar-refractivity contribution < 1.29 is 57.8 Å². The van der Waals surface area contributed by atoms with Gasteiger partial charge in [0, 0.05) is 60.8 Å². The fourth-order valence-corrected chi connectivity index (χ4v) is 9.29. The predicted octanol–water partition coefficient (Wildman–Crippen LogP) is 0.798. The summed E-state index contributed by atoms with van der Waals surface area (Å²) in [7, 11) is 0. The van der Waals surface area contributed by atoms with E-state index in [0.29, 0.717) is 41.8 Å². The Balaban J connectivity index is 1.46. The number of aliphatic hydroxyl groups is 1. The summed E-state index contributed by atoms with van der Waals surface area (Å²) < 4.78 is 0.717. The lowest BCUT2D eigenvalue weighted by molar-refractivity contribution is -0.136. The Kier molecular flexibility index (Phi) is 27.0. The molecule has 0 spiro atoms. The average molecular weight is 1210 g/mol. The van der Waals surface area contributed by atoms with Crippen LogP contribution in [0.25, 0.3) is 0 Å². The largest absolute Gasteiger partial charge is 0.394 e. The second kappa shape index (κ2) is 34.2. The standard InChI is InChI=1S/C59H76ClN14O12/c1-34(2)25-48(57(84)74(60)42(32-75)14-8-9-24-64-35(3)4)70-54(81)45(28-38-17-21-41(22-18-38)66-58(62)85)68-53(80)44(27-37-15-19-40(20-16-37)65-52(79)47-30-50(77)73-59(86)72-47)69-56(83)49(33-76)71-55(82)46(29-39-13-10-23-63-31-39)67-51(78)43(61)26-36-11-6-5-7-12-36/h5-7,10-13,15-23,31,34-35,42-49,64,76H,8-9,14,24-30,33,61H2,1-4H3,(H,65,79)(H,67,78)(H,68,80)(H,69,83)(H,70,81)(H,71,82)(H3,62,66,85)(H2,72,73,77,86)/t42-,43+,44-,45+,46+,47-,48-,49-/m0/s1. The zero-order chi connectivity index (χ0) is 62.9. The molecule has 0 aliphatic carbocycles. The van der Waals surface area contributed by atoms with Crippen LogP contribution in [0.5, 0.6) is 0 Å². The Morgan fingerprint density at radius 1 is 0.674 bits per heavy atom. The van der Waals surface area contributed by atoms with E-state index in [1.54, 1.807) is 68.4 Å². The van der Waals surface area contributed by atoms with Gasteiger partial charge in [-0.2, -0.15) is 0 Å². The molecule has 12 amide bonds. The van der Waals surface area contributed by atoms with Crippen LogP contribution in [-0.2, 0) is 68.8 Å². The first-order valence-corrected chi connectivity index (χ1v) is 28.4. The third kappa shape index (κ3) is 22.6. The van der Waals surface area contributed by atoms with E-state index in [2.05, 4.69) is 52.8 Å². The van der Waals surface area contributed by atoms with Gasteiger partial charge < -0.3 is 64.4 Å². The van der Waals surface area contributed by atoms with Crippen molar-refractivity contribution in [3.05, 3.63) is 126 Å². The van der Waals surface area contributed by atoms with E-state index in [9.17, 15) is 57.8 Å². The second-order valence-electron chi connectivity index (χ2n) is 21.4. The number of hydrogen-bond donors (Lipinski definition) is 13. The van der Waals surface area contributed by atoms with Crippen LogP contribution in [0.1, 0.15) is 82.1 Å². The molecule has 0 bridgehead atoms. The Morgan fingerprint density at radius 3 is 1.70 bits per heavy atom. The van der Waals surface area contributed by atoms with E-state index in [1.165, 1.54) is 48.8 Å². The molecule has 1 aliphatic heterocycles. The Hall–Kier alpha value is -8.85. The van der Waals surface area contributed by atoms with Crippen molar-refractivity contribution in [3.63, 3.8) is 0 Å². The molecule has 15 N–H and O–H groups in total. The van der Waals surface area contributed by atoms with Crippen LogP contribution in [-0.4, -0.2) is 148 Å². The van der Waals surface area contributed by atoms with Crippen molar-refractivity contribution in [2.24, 2.45) is 17.4 Å². The molecule has 27 heteroatoms. The highest BCUT2D eigenvalue weighted by Gasteiger charge is 2.36. The molecule has 1 fully saturated rings. The molecule has 0 unspecified atom stereocenters. The Morgan fingerprint density at radius 2 is 1.19 bits per heavy atom. The topological polar surface area (TPSA) is 396 Å². The minimum Gasteiger partial charge on any atom is -0.394 e. The molecular formula is C59H76ClN14O12. The number of anilines is 2. The predicted molar refractivity (Wildman–Crippen MR) is 319 cm³/mol. The van der Waals surface area contributed by atoms with Crippen molar-refractivity contribution in [1.82, 2.24) is 51.9 Å². The van der Waals surface area contributed by atoms with Crippen LogP contribution >= 0.6 is 11.8 Å². The van der Waals surface area contributed by atoms with Gasteiger partial charge in [-0.15, -0.1) is 0 Å². The number of carbonyl (C=O) groups excluding carboxylic acids is 11. The van der Waals surface area contributed by atoms with Gasteiger partial charge >= 0.3 is 12.1 Å². The third-order valence-electron chi connectivity index (χ3n) is 13.5. The van der Waals surface area contributed by atoms with E-state index < -0.39 is 114 Å². The number of nitrogens with two attached hydrogens (primary N) is 2. The van der Waals surface area contributed by atoms with Crippen molar-refractivity contribution in [3.8, 4) is 0 Å². The van der Waals surface area contributed by atoms with E-state index in [-0.39, 0.29) is 62.6 Å². The summed E-state index contributed by atoms with van der Waals surface area (Å²) in [5.74, 6) is -6.98. The molecule has 1 saturated heterocycles. The quantitative estimate of drug-likeness (QED) is 0.0232. The van der Waals surface area contributed by atoms with Crippen LogP contribution < -0.4 is 64.6 Å². The number of hydrogen-bond acceptors (Lipinski definition) is 15. The number of imide groups is 1. The fraction of sp³-hybridized carbons (Fsp3) is 0.424. The summed E-state index contributed by atoms with van der Waals surface area (Å²) in [5, 5.41) is 36.6. The number of rotatable bonds is 33. The van der Waals surface area contributed by atoms with Crippen LogP contribution in [0.15, 0.2) is 103 Å². The van der Waals surface area contributed by atoms with Gasteiger partial charge in [-0.25, -0.2) is 14.0 Å². The van der Waals surface area contributed by atoms with Gasteiger partial charge in [0.05, 0.1) is 19.1 Å². The van der Waals surface area contributed by atoms with Crippen molar-refractivity contribution in [1.29, 1.82) is 0 Å². The number of unbranched alkanes of at least 4 members (excludes halogenated alkanes) is 1. The molecule has 8 atom stereocenters. The highest BCUT2D eigenvalue weighted by molar-refractivity contribution is 6.23. The van der Waals surface area contributed by atoms with Crippen LogP contribution in [0.3, 0.4) is 0 Å². The zero-order valence-corrected chi connectivity index (χ0v) is 49.0. The monoisotopic (exact) mass is 1210 g/mol. The molecule has 2 heterocycles. The minimum absolute atomic E-state index is 0.0348. The van der Waals surface area contributed by atoms with Crippen molar-refractivity contribution in [2.75, 3.05) is 23.8 Å². The number of benzene rings is 3. The van der Waals surface area contributed by atoms with Gasteiger partial charge in [0.15, 0.2) is 0 Å². The molecular weight excluding hydrogens is 1130 g/mol. The maximum Gasteiger partial charge on any atom is 0.322 e. The first-order chi connectivity index (χ1) is 41.0. The van der Waals surface area contributed by atoms with Gasteiger partial charge in [0.2, 0.25) is 47.6 Å². The van der Waals surface area contributed by atoms with Crippen LogP contribution in [0.2, 0.25) is 0 Å². The molecule has 4 aromatic rings. The van der Waals surface area contributed by atoms with Gasteiger partial charge in [-0.05, 0) is 97.2 Å². The Labute approximate surface area is 503 Å². The maximum atomic E-state index is 14.9. The van der Waals surface area contributed by atoms with Gasteiger partial charge in [0.1, 0.15) is 42.3 Å². The van der Waals surface area contributed by atoms with E-state index in [4.69, 9.17) is 23.2 Å². The number of halogens is 1. The summed E-state index contributed by atoms with van der Waals surface area (Å²) in [6.07, 6.45) is 5.29. The molecule has 1 radical (unpaired) electrons. The molecule has 0 saturated carbocycles. The van der Waals surface area contributed by atoms with E-state index >= 15 is 0 Å². The fourth-order valence-electron chi connectivity index (χ4n) is 9.03. The lowest BCUT2D eigenvalue weighted by atomic mass is 9.99. The van der Waals surface area contributed by atoms with Gasteiger partial charge in [0.25, 0.3) is 5.91 Å². The molecule has 86 heavy (non-hydrogen) atoms. The lowest BCUT2D eigenvalue weighted by Crippen LogP contribution is -2.61. The van der Waals surface area contributed by atoms with Crippen molar-refractivity contribution >= 4 is 88.8 Å². The molecule has 461 valence electrons. The number of nitrogens with one attached hydrogen (secondary N) is 10. The molecule has 5 rings (SSSR count). The van der Waals surface area contributed by atoms with Crippen molar-refractivity contribution in [2.45, 2.75) is 140 Å². The first-order valence-electron chi connectivity index (χ1n) is 28.1. The number of nitrogens with zero attached hydrogens (tertiary/aromatic N) is 2. The van der Waals surface area contributed by atoms with E-state index in [1.807, 2.05) is 25.5 Å². The van der Waals surface area contributed by atoms with Gasteiger partial charge in [-0.1, -0.05) is 88.4 Å². The number of aromatic nitrogens is 1. The molecule has 3 aromatic carbocycles. The highest BCUT2D eigenvalue weighted by Crippen LogP contribution is 2.19. The number of carbonyl (C=O) groups is 10. The number of urea groups is 2. The maximum absolute atomic E-state index is 14.9. The minimum atomic E-state index is -1.76. The first kappa shape index (κ1) is 67.9. The number of primary amides is 1. The van der Waals surface area contributed by atoms with Crippen LogP contribution in [0.4, 0.5) is 21.0 Å². The zero-order valence-electron chi connectivity index (χ0n) is 48.2. The molecule has 1 aromatic heterocycles. The molecule has 26 nitrogen and oxygen atoms in total. The highest BCUT2D eigenvalue weighted by atomic mass is 35.5. The summed E-state index contributed by atoms with van der Waals surface area (Å²) >= 11 is 6.58. The number of pyridine rings is 1. The van der Waals surface area contributed by atoms with E-state index in [0.717, 1.165) is 9.98 Å².